The van der Waals surface area contributed by atoms with Crippen LogP contribution in [0.2, 0.25) is 0 Å². The van der Waals surface area contributed by atoms with E-state index in [9.17, 15) is 4.79 Å². The van der Waals surface area contributed by atoms with Gasteiger partial charge in [-0.1, -0.05) is 0 Å². The second-order valence-corrected chi connectivity index (χ2v) is 5.07. The summed E-state index contributed by atoms with van der Waals surface area (Å²) in [6, 6.07) is 3.60. The lowest BCUT2D eigenvalue weighted by Crippen LogP contribution is -2.47. The summed E-state index contributed by atoms with van der Waals surface area (Å²) in [6.45, 7) is 5.22. The highest BCUT2D eigenvalue weighted by Crippen LogP contribution is 2.32. The van der Waals surface area contributed by atoms with Crippen LogP contribution in [0.15, 0.2) is 12.1 Å². The third-order valence-electron chi connectivity index (χ3n) is 3.80. The zero-order valence-electron chi connectivity index (χ0n) is 12.6. The predicted octanol–water partition coefficient (Wildman–Crippen LogP) is 1.40. The maximum absolute atomic E-state index is 12.6. The summed E-state index contributed by atoms with van der Waals surface area (Å²) in [4.78, 5) is 16.7. The number of carbonyl (C=O) groups excluding carboxylic acids is 1. The number of methoxy groups -OCH3 is 2. The Balaban J connectivity index is 2.28. The second kappa shape index (κ2) is 6.13. The highest BCUT2D eigenvalue weighted by atomic mass is 16.5. The highest BCUT2D eigenvalue weighted by Gasteiger charge is 2.24. The van der Waals surface area contributed by atoms with Crippen LogP contribution < -0.4 is 9.47 Å². The first kappa shape index (κ1) is 14.7. The molecule has 0 atom stereocenters. The van der Waals surface area contributed by atoms with E-state index in [0.717, 1.165) is 37.5 Å². The first-order valence-electron chi connectivity index (χ1n) is 6.78. The molecule has 1 saturated heterocycles. The van der Waals surface area contributed by atoms with Crippen LogP contribution in [0.25, 0.3) is 0 Å². The Morgan fingerprint density at radius 1 is 1.10 bits per heavy atom. The average molecular weight is 278 g/mol. The molecule has 1 aliphatic heterocycles. The van der Waals surface area contributed by atoms with Crippen molar-refractivity contribution >= 4 is 5.91 Å². The molecule has 0 saturated carbocycles. The van der Waals surface area contributed by atoms with E-state index in [0.29, 0.717) is 11.3 Å². The van der Waals surface area contributed by atoms with Crippen molar-refractivity contribution in [1.29, 1.82) is 0 Å². The quantitative estimate of drug-likeness (QED) is 0.838. The Morgan fingerprint density at radius 2 is 1.75 bits per heavy atom. The smallest absolute Gasteiger partial charge is 0.257 e. The molecule has 1 aromatic rings. The van der Waals surface area contributed by atoms with E-state index in [1.165, 1.54) is 0 Å². The SMILES string of the molecule is COc1ccc(C(=O)N2CCN(C)CC2)c(OC)c1C. The van der Waals surface area contributed by atoms with Crippen LogP contribution >= 0.6 is 0 Å². The van der Waals surface area contributed by atoms with Gasteiger partial charge < -0.3 is 19.3 Å². The Bertz CT molecular complexity index is 494. The van der Waals surface area contributed by atoms with Gasteiger partial charge in [0.2, 0.25) is 0 Å². The van der Waals surface area contributed by atoms with E-state index < -0.39 is 0 Å². The van der Waals surface area contributed by atoms with Gasteiger partial charge in [0.1, 0.15) is 11.5 Å². The molecule has 1 aromatic carbocycles. The lowest BCUT2D eigenvalue weighted by atomic mass is 10.1. The standard InChI is InChI=1S/C15H22N2O3/c1-11-13(19-3)6-5-12(14(11)20-4)15(18)17-9-7-16(2)8-10-17/h5-6H,7-10H2,1-4H3. The van der Waals surface area contributed by atoms with Gasteiger partial charge in [0, 0.05) is 31.7 Å². The predicted molar refractivity (Wildman–Crippen MR) is 77.7 cm³/mol. The Labute approximate surface area is 120 Å². The molecule has 0 aliphatic carbocycles. The van der Waals surface area contributed by atoms with Gasteiger partial charge in [0.05, 0.1) is 19.8 Å². The van der Waals surface area contributed by atoms with Crippen molar-refractivity contribution in [2.24, 2.45) is 0 Å². The Kier molecular flexibility index (Phi) is 4.49. The summed E-state index contributed by atoms with van der Waals surface area (Å²) in [5.41, 5.74) is 1.46. The minimum Gasteiger partial charge on any atom is -0.496 e. The van der Waals surface area contributed by atoms with E-state index in [4.69, 9.17) is 9.47 Å². The molecule has 20 heavy (non-hydrogen) atoms. The number of benzene rings is 1. The van der Waals surface area contributed by atoms with Crippen LogP contribution in [-0.2, 0) is 0 Å². The van der Waals surface area contributed by atoms with Crippen molar-refractivity contribution in [3.8, 4) is 11.5 Å². The lowest BCUT2D eigenvalue weighted by molar-refractivity contribution is 0.0660. The van der Waals surface area contributed by atoms with E-state index in [1.54, 1.807) is 20.3 Å². The molecule has 110 valence electrons. The van der Waals surface area contributed by atoms with Gasteiger partial charge in [-0.15, -0.1) is 0 Å². The molecule has 0 bridgehead atoms. The number of rotatable bonds is 3. The Hall–Kier alpha value is -1.75. The number of hydrogen-bond donors (Lipinski definition) is 0. The Morgan fingerprint density at radius 3 is 2.30 bits per heavy atom. The monoisotopic (exact) mass is 278 g/mol. The first-order chi connectivity index (χ1) is 9.58. The summed E-state index contributed by atoms with van der Waals surface area (Å²) in [5, 5.41) is 0. The van der Waals surface area contributed by atoms with E-state index >= 15 is 0 Å². The summed E-state index contributed by atoms with van der Waals surface area (Å²) < 4.78 is 10.7. The molecule has 0 N–H and O–H groups in total. The molecule has 1 amide bonds. The zero-order chi connectivity index (χ0) is 14.7. The molecule has 0 unspecified atom stereocenters. The molecular formula is C15H22N2O3. The maximum Gasteiger partial charge on any atom is 0.257 e. The minimum atomic E-state index is 0.0284. The summed E-state index contributed by atoms with van der Waals surface area (Å²) in [6.07, 6.45) is 0. The fraction of sp³-hybridized carbons (Fsp3) is 0.533. The molecule has 5 heteroatoms. The van der Waals surface area contributed by atoms with Crippen LogP contribution in [0.3, 0.4) is 0 Å². The molecule has 1 heterocycles. The average Bonchev–Trinajstić information content (AvgIpc) is 2.47. The van der Waals surface area contributed by atoms with Gasteiger partial charge in [-0.2, -0.15) is 0 Å². The van der Waals surface area contributed by atoms with Crippen LogP contribution in [-0.4, -0.2) is 63.2 Å². The van der Waals surface area contributed by atoms with E-state index in [2.05, 4.69) is 11.9 Å². The van der Waals surface area contributed by atoms with Crippen LogP contribution in [0.5, 0.6) is 11.5 Å². The number of piperazine rings is 1. The number of likely N-dealkylation sites (N-methyl/N-ethyl adjacent to an activating group) is 1. The summed E-state index contributed by atoms with van der Waals surface area (Å²) in [5.74, 6) is 1.37. The van der Waals surface area contributed by atoms with Crippen molar-refractivity contribution in [3.63, 3.8) is 0 Å². The summed E-state index contributed by atoms with van der Waals surface area (Å²) >= 11 is 0. The molecule has 0 spiro atoms. The summed E-state index contributed by atoms with van der Waals surface area (Å²) in [7, 11) is 5.27. The fourth-order valence-corrected chi connectivity index (χ4v) is 2.51. The van der Waals surface area contributed by atoms with Crippen LogP contribution in [0, 0.1) is 6.92 Å². The largest absolute Gasteiger partial charge is 0.496 e. The minimum absolute atomic E-state index is 0.0284. The van der Waals surface area contributed by atoms with Gasteiger partial charge in [0.15, 0.2) is 0 Å². The lowest BCUT2D eigenvalue weighted by Gasteiger charge is -2.32. The first-order valence-corrected chi connectivity index (χ1v) is 6.78. The van der Waals surface area contributed by atoms with Crippen molar-refractivity contribution in [2.75, 3.05) is 47.4 Å². The number of hydrogen-bond acceptors (Lipinski definition) is 4. The number of nitrogens with zero attached hydrogens (tertiary/aromatic N) is 2. The number of ether oxygens (including phenoxy) is 2. The van der Waals surface area contributed by atoms with E-state index in [1.807, 2.05) is 17.9 Å². The van der Waals surface area contributed by atoms with Crippen LogP contribution in [0.4, 0.5) is 0 Å². The number of amides is 1. The molecule has 5 nitrogen and oxygen atoms in total. The van der Waals surface area contributed by atoms with E-state index in [-0.39, 0.29) is 5.91 Å². The normalized spacial score (nSPS) is 16.1. The fourth-order valence-electron chi connectivity index (χ4n) is 2.51. The van der Waals surface area contributed by atoms with Gasteiger partial charge in [-0.25, -0.2) is 0 Å². The van der Waals surface area contributed by atoms with Crippen molar-refractivity contribution in [1.82, 2.24) is 9.80 Å². The molecule has 1 aliphatic rings. The van der Waals surface area contributed by atoms with Crippen molar-refractivity contribution < 1.29 is 14.3 Å². The third kappa shape index (κ3) is 2.72. The van der Waals surface area contributed by atoms with Gasteiger partial charge in [-0.3, -0.25) is 4.79 Å². The maximum atomic E-state index is 12.6. The van der Waals surface area contributed by atoms with Gasteiger partial charge in [0.25, 0.3) is 5.91 Å². The van der Waals surface area contributed by atoms with Crippen LogP contribution in [0.1, 0.15) is 15.9 Å². The van der Waals surface area contributed by atoms with Crippen molar-refractivity contribution in [2.45, 2.75) is 6.92 Å². The molecule has 1 fully saturated rings. The van der Waals surface area contributed by atoms with Crippen molar-refractivity contribution in [3.05, 3.63) is 23.3 Å². The zero-order valence-corrected chi connectivity index (χ0v) is 12.6. The van der Waals surface area contributed by atoms with Gasteiger partial charge in [-0.05, 0) is 26.1 Å². The topological polar surface area (TPSA) is 42.0 Å². The second-order valence-electron chi connectivity index (χ2n) is 5.07. The van der Waals surface area contributed by atoms with Gasteiger partial charge >= 0.3 is 0 Å². The highest BCUT2D eigenvalue weighted by molar-refractivity contribution is 5.97. The number of carbonyl (C=O) groups is 1. The molecule has 2 rings (SSSR count). The third-order valence-corrected chi connectivity index (χ3v) is 3.80. The molecule has 0 aromatic heterocycles. The molecule has 0 radical (unpaired) electrons. The molecular weight excluding hydrogens is 256 g/mol.